The van der Waals surface area contributed by atoms with Gasteiger partial charge in [0.15, 0.2) is 0 Å². The molecule has 0 amide bonds. The number of nitrogens with zero attached hydrogens (tertiary/aromatic N) is 3. The van der Waals surface area contributed by atoms with Crippen molar-refractivity contribution in [3.63, 3.8) is 0 Å². The van der Waals surface area contributed by atoms with Crippen molar-refractivity contribution < 1.29 is 14.1 Å². The molecule has 0 unspecified atom stereocenters. The van der Waals surface area contributed by atoms with Gasteiger partial charge in [0.2, 0.25) is 0 Å². The van der Waals surface area contributed by atoms with Crippen LogP contribution >= 0.6 is 23.8 Å². The molecule has 0 aromatic rings. The molecule has 0 saturated heterocycles. The molecule has 7 heteroatoms. The van der Waals surface area contributed by atoms with Gasteiger partial charge in [0, 0.05) is 36.3 Å². The molecule has 42 heavy (non-hydrogen) atoms. The normalized spacial score (nSPS) is 13.4. The first-order valence-electron chi connectivity index (χ1n) is 17.6. The van der Waals surface area contributed by atoms with E-state index in [0.717, 1.165) is 0 Å². The van der Waals surface area contributed by atoms with E-state index in [1.54, 1.807) is 15.1 Å². The SMILES string of the molecule is CC(C)N(C(C)C)C(C)(N(C(C)C)C(C)C)N(C(C)C)C(C)C.CCP(CC)[CH2][Cr]([CH2]P(CC)CC)[CH2]P(CC)CC. The van der Waals surface area contributed by atoms with Crippen molar-refractivity contribution in [3.05, 3.63) is 0 Å². The van der Waals surface area contributed by atoms with Crippen LogP contribution in [0.4, 0.5) is 0 Å². The first-order valence-corrected chi connectivity index (χ1v) is 26.0. The van der Waals surface area contributed by atoms with Crippen LogP contribution in [0.3, 0.4) is 0 Å². The molecule has 0 aromatic carbocycles. The standard InChI is InChI=1S/C20H45N3.3C5H12P.Cr/c1-14(2)21(15(3)4)20(13,22(16(5)6)17(7)8)23(18(9)10)19(11)12;3*1-4-6(3)5-2;/h14-19H,1-13H3;3*3-5H2,1-2H3;. The molecule has 0 aliphatic carbocycles. The van der Waals surface area contributed by atoms with E-state index in [1.165, 1.54) is 37.0 Å². The van der Waals surface area contributed by atoms with Gasteiger partial charge >= 0.3 is 131 Å². The number of hydrogen-bond acceptors (Lipinski definition) is 3. The molecule has 0 aliphatic heterocycles. The number of rotatable bonds is 21. The van der Waals surface area contributed by atoms with Gasteiger partial charge in [0.1, 0.15) is 5.79 Å². The molecule has 0 radical (unpaired) electrons. The Balaban J connectivity index is 0. The molecular weight excluding hydrogens is 607 g/mol. The topological polar surface area (TPSA) is 9.72 Å². The zero-order valence-corrected chi connectivity index (χ0v) is 36.4. The van der Waals surface area contributed by atoms with Crippen LogP contribution in [0.2, 0.25) is 0 Å². The molecular formula is C35H81CrN3P3. The van der Waals surface area contributed by atoms with Crippen molar-refractivity contribution in [1.82, 2.24) is 14.7 Å². The summed E-state index contributed by atoms with van der Waals surface area (Å²) in [6.07, 6.45) is 8.91. The average Bonchev–Trinajstić information content (AvgIpc) is 2.87. The van der Waals surface area contributed by atoms with Crippen LogP contribution in [0.1, 0.15) is 132 Å². The second-order valence-electron chi connectivity index (χ2n) is 13.7. The molecule has 0 heterocycles. The molecule has 0 atom stereocenters. The summed E-state index contributed by atoms with van der Waals surface area (Å²) in [5, 5.41) is 5.12. The van der Waals surface area contributed by atoms with E-state index in [9.17, 15) is 0 Å². The Hall–Kier alpha value is 1.70. The van der Waals surface area contributed by atoms with Crippen molar-refractivity contribution in [1.29, 1.82) is 0 Å². The molecule has 0 fully saturated rings. The van der Waals surface area contributed by atoms with Gasteiger partial charge in [-0.15, -0.1) is 0 Å². The van der Waals surface area contributed by atoms with Gasteiger partial charge in [-0.05, 0) is 90.0 Å². The predicted octanol–water partition coefficient (Wildman–Crippen LogP) is 11.1. The molecule has 0 spiro atoms. The van der Waals surface area contributed by atoms with Crippen LogP contribution in [-0.4, -0.2) is 109 Å². The fourth-order valence-electron chi connectivity index (χ4n) is 7.24. The Bertz CT molecular complexity index is 525. The first-order chi connectivity index (χ1) is 19.4. The van der Waals surface area contributed by atoms with Crippen molar-refractivity contribution in [2.75, 3.05) is 52.0 Å². The van der Waals surface area contributed by atoms with E-state index in [2.05, 4.69) is 146 Å². The second-order valence-corrected chi connectivity index (χ2v) is 27.8. The summed E-state index contributed by atoms with van der Waals surface area (Å²) in [5.74, 6) is -0.118. The molecule has 257 valence electrons. The van der Waals surface area contributed by atoms with E-state index >= 15 is 0 Å². The maximum absolute atomic E-state index is 2.69. The third-order valence-corrected chi connectivity index (χ3v) is 26.4. The van der Waals surface area contributed by atoms with Crippen LogP contribution < -0.4 is 0 Å². The van der Waals surface area contributed by atoms with E-state index in [-0.39, 0.29) is 19.9 Å². The Morgan fingerprint density at radius 3 is 0.690 bits per heavy atom. The first kappa shape index (κ1) is 45.8. The summed E-state index contributed by atoms with van der Waals surface area (Å²) in [4.78, 5) is 8.06. The van der Waals surface area contributed by atoms with Gasteiger partial charge in [-0.1, -0.05) is 0 Å². The fourth-order valence-corrected chi connectivity index (χ4v) is 28.0. The van der Waals surface area contributed by atoms with Crippen molar-refractivity contribution in [2.24, 2.45) is 0 Å². The van der Waals surface area contributed by atoms with Crippen LogP contribution in [0.25, 0.3) is 0 Å². The zero-order valence-electron chi connectivity index (χ0n) is 32.4. The molecule has 0 rings (SSSR count). The van der Waals surface area contributed by atoms with Crippen molar-refractivity contribution >= 4 is 23.8 Å². The van der Waals surface area contributed by atoms with E-state index in [0.29, 0.717) is 60.0 Å². The Morgan fingerprint density at radius 2 is 0.571 bits per heavy atom. The van der Waals surface area contributed by atoms with Crippen LogP contribution in [-0.2, 0) is 14.1 Å². The number of hydrogen-bond donors (Lipinski definition) is 0. The monoisotopic (exact) mass is 689 g/mol. The van der Waals surface area contributed by atoms with Crippen LogP contribution in [0.5, 0.6) is 0 Å². The van der Waals surface area contributed by atoms with Gasteiger partial charge in [-0.3, -0.25) is 14.7 Å². The summed E-state index contributed by atoms with van der Waals surface area (Å²) in [5.41, 5.74) is 0. The van der Waals surface area contributed by atoms with Gasteiger partial charge in [0.25, 0.3) is 0 Å². The van der Waals surface area contributed by atoms with Gasteiger partial charge in [0.05, 0.1) is 0 Å². The maximum atomic E-state index is 2.69. The molecule has 3 nitrogen and oxygen atoms in total. The molecule has 0 saturated carbocycles. The Morgan fingerprint density at radius 1 is 0.405 bits per heavy atom. The quantitative estimate of drug-likeness (QED) is 0.0878. The summed E-state index contributed by atoms with van der Waals surface area (Å²) in [7, 11) is 1.20. The average molecular weight is 689 g/mol. The minimum atomic E-state index is -0.277. The summed E-state index contributed by atoms with van der Waals surface area (Å²) >= 11 is -0.277. The van der Waals surface area contributed by atoms with Gasteiger partial charge in [-0.2, -0.15) is 0 Å². The Labute approximate surface area is 277 Å². The fraction of sp³-hybridized carbons (Fsp3) is 1.00. The summed E-state index contributed by atoms with van der Waals surface area (Å²) in [6.45, 7) is 45.0. The van der Waals surface area contributed by atoms with Gasteiger partial charge in [-0.25, -0.2) is 0 Å². The third kappa shape index (κ3) is 15.1. The Kier molecular flexibility index (Phi) is 26.1. The van der Waals surface area contributed by atoms with E-state index in [1.807, 2.05) is 0 Å². The van der Waals surface area contributed by atoms with Crippen LogP contribution in [0.15, 0.2) is 0 Å². The second kappa shape index (κ2) is 23.9. The third-order valence-electron chi connectivity index (χ3n) is 8.58. The van der Waals surface area contributed by atoms with Crippen molar-refractivity contribution in [3.8, 4) is 0 Å². The summed E-state index contributed by atoms with van der Waals surface area (Å²) in [6, 6.07) is 2.92. The van der Waals surface area contributed by atoms with E-state index < -0.39 is 0 Å². The van der Waals surface area contributed by atoms with Gasteiger partial charge < -0.3 is 0 Å². The molecule has 0 N–H and O–H groups in total. The predicted molar refractivity (Wildman–Crippen MR) is 203 cm³/mol. The molecule has 0 bridgehead atoms. The zero-order chi connectivity index (χ0) is 33.4. The van der Waals surface area contributed by atoms with E-state index in [4.69, 9.17) is 0 Å². The molecule has 0 aromatic heterocycles. The minimum absolute atomic E-state index is 0.118. The summed E-state index contributed by atoms with van der Waals surface area (Å²) < 4.78 is 0. The van der Waals surface area contributed by atoms with Crippen LogP contribution in [0, 0.1) is 0 Å². The van der Waals surface area contributed by atoms with Crippen molar-refractivity contribution in [2.45, 2.75) is 174 Å². The molecule has 0 aliphatic rings.